The van der Waals surface area contributed by atoms with Crippen LogP contribution in [0.4, 0.5) is 0 Å². The maximum Gasteiger partial charge on any atom is 0.236 e. The second kappa shape index (κ2) is 6.98. The van der Waals surface area contributed by atoms with Gasteiger partial charge in [-0.05, 0) is 11.4 Å². The fraction of sp³-hybridized carbons (Fsp3) is 0.125. The van der Waals surface area contributed by atoms with Crippen molar-refractivity contribution >= 4 is 23.1 Å². The van der Waals surface area contributed by atoms with E-state index in [9.17, 15) is 0 Å². The molecule has 0 unspecified atom stereocenters. The van der Waals surface area contributed by atoms with Crippen molar-refractivity contribution in [3.63, 3.8) is 0 Å². The first-order valence-corrected chi connectivity index (χ1v) is 9.24. The van der Waals surface area contributed by atoms with E-state index >= 15 is 0 Å². The van der Waals surface area contributed by atoms with E-state index in [1.54, 1.807) is 23.1 Å². The molecule has 0 fully saturated rings. The van der Waals surface area contributed by atoms with Crippen molar-refractivity contribution in [1.29, 1.82) is 0 Å². The minimum Gasteiger partial charge on any atom is -0.338 e. The van der Waals surface area contributed by atoms with Crippen molar-refractivity contribution in [3.8, 4) is 22.1 Å². The summed E-state index contributed by atoms with van der Waals surface area (Å²) in [6.45, 7) is 0. The molecule has 0 aliphatic carbocycles. The van der Waals surface area contributed by atoms with Gasteiger partial charge in [-0.15, -0.1) is 23.1 Å². The van der Waals surface area contributed by atoms with Crippen LogP contribution < -0.4 is 0 Å². The van der Waals surface area contributed by atoms with Gasteiger partial charge in [-0.25, -0.2) is 0 Å². The Balaban J connectivity index is 1.34. The van der Waals surface area contributed by atoms with Crippen molar-refractivity contribution in [2.75, 3.05) is 0 Å². The number of thiophene rings is 1. The van der Waals surface area contributed by atoms with Crippen LogP contribution in [0.3, 0.4) is 0 Å². The minimum atomic E-state index is 0.580. The average molecular weight is 356 g/mol. The van der Waals surface area contributed by atoms with Crippen molar-refractivity contribution in [2.24, 2.45) is 0 Å². The summed E-state index contributed by atoms with van der Waals surface area (Å²) in [7, 11) is 0. The van der Waals surface area contributed by atoms with Crippen molar-refractivity contribution in [3.05, 3.63) is 59.6 Å². The lowest BCUT2D eigenvalue weighted by Gasteiger charge is -1.92. The molecule has 0 atom stereocenters. The summed E-state index contributed by atoms with van der Waals surface area (Å²) in [5.74, 6) is 3.59. The van der Waals surface area contributed by atoms with Crippen molar-refractivity contribution < 1.29 is 9.05 Å². The van der Waals surface area contributed by atoms with Crippen LogP contribution in [0.15, 0.2) is 56.9 Å². The molecular formula is C16H12N4O2S2. The zero-order valence-electron chi connectivity index (χ0n) is 12.5. The summed E-state index contributed by atoms with van der Waals surface area (Å²) in [6.07, 6.45) is 0. The van der Waals surface area contributed by atoms with E-state index in [1.807, 2.05) is 47.8 Å². The van der Waals surface area contributed by atoms with Gasteiger partial charge in [-0.1, -0.05) is 46.7 Å². The molecule has 3 heterocycles. The van der Waals surface area contributed by atoms with E-state index in [1.165, 1.54) is 0 Å². The average Bonchev–Trinajstić information content (AvgIpc) is 3.37. The predicted molar refractivity (Wildman–Crippen MR) is 92.3 cm³/mol. The Morgan fingerprint density at radius 1 is 0.833 bits per heavy atom. The number of rotatable bonds is 6. The standard InChI is InChI=1S/C16H12N4O2S2/c1-2-5-11(6-3-1)15-17-13(21-19-15)9-23-10-14-18-16(20-22-14)12-7-4-8-24-12/h1-8H,9-10H2. The lowest BCUT2D eigenvalue weighted by molar-refractivity contribution is 0.389. The zero-order chi connectivity index (χ0) is 16.2. The summed E-state index contributed by atoms with van der Waals surface area (Å²) in [4.78, 5) is 9.78. The van der Waals surface area contributed by atoms with Crippen LogP contribution in [0.25, 0.3) is 22.1 Å². The van der Waals surface area contributed by atoms with Gasteiger partial charge in [0, 0.05) is 5.56 Å². The highest BCUT2D eigenvalue weighted by atomic mass is 32.2. The van der Waals surface area contributed by atoms with E-state index in [2.05, 4.69) is 20.3 Å². The molecule has 6 nitrogen and oxygen atoms in total. The molecule has 0 N–H and O–H groups in total. The first-order valence-electron chi connectivity index (χ1n) is 7.21. The van der Waals surface area contributed by atoms with Gasteiger partial charge >= 0.3 is 0 Å². The van der Waals surface area contributed by atoms with Crippen LogP contribution in [0.2, 0.25) is 0 Å². The van der Waals surface area contributed by atoms with E-state index in [-0.39, 0.29) is 0 Å². The van der Waals surface area contributed by atoms with Gasteiger partial charge in [0.05, 0.1) is 16.4 Å². The monoisotopic (exact) mass is 356 g/mol. The summed E-state index contributed by atoms with van der Waals surface area (Å²) < 4.78 is 10.5. The van der Waals surface area contributed by atoms with Gasteiger partial charge in [0.2, 0.25) is 23.4 Å². The first-order chi connectivity index (χ1) is 11.9. The molecule has 1 aromatic carbocycles. The first kappa shape index (κ1) is 15.1. The Morgan fingerprint density at radius 3 is 2.25 bits per heavy atom. The highest BCUT2D eigenvalue weighted by Crippen LogP contribution is 2.24. The molecule has 8 heteroatoms. The molecule has 3 aromatic heterocycles. The number of thioether (sulfide) groups is 1. The second-order valence-electron chi connectivity index (χ2n) is 4.86. The largest absolute Gasteiger partial charge is 0.338 e. The molecule has 0 aliphatic heterocycles. The fourth-order valence-corrected chi connectivity index (χ4v) is 3.40. The molecule has 0 saturated carbocycles. The Labute approximate surface area is 145 Å². The van der Waals surface area contributed by atoms with Crippen LogP contribution in [0, 0.1) is 0 Å². The summed E-state index contributed by atoms with van der Waals surface area (Å²) >= 11 is 3.18. The summed E-state index contributed by atoms with van der Waals surface area (Å²) in [5, 5.41) is 9.97. The molecule has 24 heavy (non-hydrogen) atoms. The second-order valence-corrected chi connectivity index (χ2v) is 6.79. The van der Waals surface area contributed by atoms with Crippen LogP contribution in [-0.4, -0.2) is 20.3 Å². The third-order valence-corrected chi connectivity index (χ3v) is 4.93. The lowest BCUT2D eigenvalue weighted by Crippen LogP contribution is -1.85. The van der Waals surface area contributed by atoms with Gasteiger partial charge in [-0.3, -0.25) is 0 Å². The third-order valence-electron chi connectivity index (χ3n) is 3.16. The van der Waals surface area contributed by atoms with Crippen molar-refractivity contribution in [2.45, 2.75) is 11.5 Å². The molecule has 0 radical (unpaired) electrons. The predicted octanol–water partition coefficient (Wildman–Crippen LogP) is 4.28. The minimum absolute atomic E-state index is 0.580. The van der Waals surface area contributed by atoms with Crippen LogP contribution in [-0.2, 0) is 11.5 Å². The summed E-state index contributed by atoms with van der Waals surface area (Å²) in [6, 6.07) is 13.7. The Morgan fingerprint density at radius 2 is 1.54 bits per heavy atom. The van der Waals surface area contributed by atoms with Gasteiger partial charge in [0.1, 0.15) is 0 Å². The molecule has 0 aliphatic rings. The SMILES string of the molecule is c1ccc(-c2noc(CSCc3nc(-c4cccs4)no3)n2)cc1. The molecule has 0 amide bonds. The normalized spacial score (nSPS) is 11.0. The summed E-state index contributed by atoms with van der Waals surface area (Å²) in [5.41, 5.74) is 0.940. The fourth-order valence-electron chi connectivity index (χ4n) is 2.06. The van der Waals surface area contributed by atoms with Crippen LogP contribution in [0.1, 0.15) is 11.8 Å². The molecule has 4 rings (SSSR count). The number of hydrogen-bond acceptors (Lipinski definition) is 8. The number of benzene rings is 1. The smallest absolute Gasteiger partial charge is 0.236 e. The van der Waals surface area contributed by atoms with Gasteiger partial charge < -0.3 is 9.05 Å². The Kier molecular flexibility index (Phi) is 4.39. The highest BCUT2D eigenvalue weighted by molar-refractivity contribution is 7.97. The van der Waals surface area contributed by atoms with E-state index in [0.29, 0.717) is 34.9 Å². The molecule has 4 aromatic rings. The maximum atomic E-state index is 5.27. The topological polar surface area (TPSA) is 77.8 Å². The maximum absolute atomic E-state index is 5.27. The van der Waals surface area contributed by atoms with Gasteiger partial charge in [-0.2, -0.15) is 9.97 Å². The van der Waals surface area contributed by atoms with E-state index in [4.69, 9.17) is 9.05 Å². The lowest BCUT2D eigenvalue weighted by atomic mass is 10.2. The van der Waals surface area contributed by atoms with Gasteiger partial charge in [0.15, 0.2) is 0 Å². The molecule has 0 saturated heterocycles. The molecule has 0 spiro atoms. The van der Waals surface area contributed by atoms with Crippen LogP contribution in [0.5, 0.6) is 0 Å². The molecule has 0 bridgehead atoms. The van der Waals surface area contributed by atoms with E-state index in [0.717, 1.165) is 10.4 Å². The number of hydrogen-bond donors (Lipinski definition) is 0. The zero-order valence-corrected chi connectivity index (χ0v) is 14.1. The molecule has 120 valence electrons. The number of aromatic nitrogens is 4. The number of nitrogens with zero attached hydrogens (tertiary/aromatic N) is 4. The van der Waals surface area contributed by atoms with Crippen molar-refractivity contribution in [1.82, 2.24) is 20.3 Å². The van der Waals surface area contributed by atoms with Crippen LogP contribution >= 0.6 is 23.1 Å². The van der Waals surface area contributed by atoms with Gasteiger partial charge in [0.25, 0.3) is 0 Å². The Hall–Kier alpha value is -2.45. The Bertz CT molecular complexity index is 903. The van der Waals surface area contributed by atoms with E-state index < -0.39 is 0 Å². The third kappa shape index (κ3) is 3.39. The molecular weight excluding hydrogens is 344 g/mol. The quantitative estimate of drug-likeness (QED) is 0.510. The highest BCUT2D eigenvalue weighted by Gasteiger charge is 2.11.